The molecule has 2 N–H and O–H groups in total. The van der Waals surface area contributed by atoms with Crippen LogP contribution in [0.2, 0.25) is 0 Å². The molecule has 21 heavy (non-hydrogen) atoms. The number of nitrogens with one attached hydrogen (secondary N) is 1. The van der Waals surface area contributed by atoms with Gasteiger partial charge >= 0.3 is 0 Å². The van der Waals surface area contributed by atoms with Crippen molar-refractivity contribution in [2.24, 2.45) is 0 Å². The average Bonchev–Trinajstić information content (AvgIpc) is 2.45. The van der Waals surface area contributed by atoms with Crippen LogP contribution in [-0.2, 0) is 6.42 Å². The molecule has 0 aliphatic carbocycles. The second-order valence-corrected chi connectivity index (χ2v) is 5.76. The molecule has 0 saturated carbocycles. The highest BCUT2D eigenvalue weighted by Crippen LogP contribution is 2.20. The summed E-state index contributed by atoms with van der Waals surface area (Å²) >= 11 is 3.41. The zero-order valence-electron chi connectivity index (χ0n) is 11.9. The van der Waals surface area contributed by atoms with E-state index >= 15 is 0 Å². The maximum atomic E-state index is 12.2. The summed E-state index contributed by atoms with van der Waals surface area (Å²) in [6.45, 7) is 1.87. The summed E-state index contributed by atoms with van der Waals surface area (Å²) in [7, 11) is 0. The van der Waals surface area contributed by atoms with Crippen LogP contribution in [0.3, 0.4) is 0 Å². The molecule has 0 bridgehead atoms. The van der Waals surface area contributed by atoms with Crippen LogP contribution in [0.1, 0.15) is 27.9 Å². The SMILES string of the molecule is Cc1ccc(C(=O)Nc2cccc(CCCBr)c2)c(O)c1. The Morgan fingerprint density at radius 2 is 2.05 bits per heavy atom. The third kappa shape index (κ3) is 4.33. The Balaban J connectivity index is 2.12. The lowest BCUT2D eigenvalue weighted by atomic mass is 10.1. The number of anilines is 1. The van der Waals surface area contributed by atoms with E-state index in [9.17, 15) is 9.90 Å². The minimum Gasteiger partial charge on any atom is -0.507 e. The molecular formula is C17H18BrNO2. The lowest BCUT2D eigenvalue weighted by Gasteiger charge is -2.09. The van der Waals surface area contributed by atoms with Gasteiger partial charge in [-0.05, 0) is 55.2 Å². The Kier molecular flexibility index (Phi) is 5.39. The zero-order chi connectivity index (χ0) is 15.2. The third-order valence-electron chi connectivity index (χ3n) is 3.18. The van der Waals surface area contributed by atoms with E-state index in [1.165, 1.54) is 5.56 Å². The van der Waals surface area contributed by atoms with Crippen LogP contribution in [0.15, 0.2) is 42.5 Å². The molecule has 0 unspecified atom stereocenters. The fourth-order valence-electron chi connectivity index (χ4n) is 2.11. The highest BCUT2D eigenvalue weighted by atomic mass is 79.9. The largest absolute Gasteiger partial charge is 0.507 e. The Hall–Kier alpha value is -1.81. The molecule has 4 heteroatoms. The normalized spacial score (nSPS) is 10.4. The van der Waals surface area contributed by atoms with Gasteiger partial charge in [0.15, 0.2) is 0 Å². The van der Waals surface area contributed by atoms with Crippen LogP contribution in [0.4, 0.5) is 5.69 Å². The van der Waals surface area contributed by atoms with Crippen molar-refractivity contribution in [1.82, 2.24) is 0 Å². The summed E-state index contributed by atoms with van der Waals surface area (Å²) < 4.78 is 0. The first kappa shape index (κ1) is 15.6. The molecular weight excluding hydrogens is 330 g/mol. The van der Waals surface area contributed by atoms with Gasteiger partial charge in [-0.2, -0.15) is 0 Å². The van der Waals surface area contributed by atoms with Gasteiger partial charge in [0.2, 0.25) is 0 Å². The molecule has 110 valence electrons. The van der Waals surface area contributed by atoms with Gasteiger partial charge in [-0.1, -0.05) is 34.1 Å². The summed E-state index contributed by atoms with van der Waals surface area (Å²) in [5.41, 5.74) is 3.12. The lowest BCUT2D eigenvalue weighted by Crippen LogP contribution is -2.12. The fourth-order valence-corrected chi connectivity index (χ4v) is 2.39. The van der Waals surface area contributed by atoms with Gasteiger partial charge in [-0.15, -0.1) is 0 Å². The van der Waals surface area contributed by atoms with E-state index in [0.717, 1.165) is 29.4 Å². The molecule has 2 rings (SSSR count). The molecule has 0 saturated heterocycles. The number of phenols is 1. The first-order valence-electron chi connectivity index (χ1n) is 6.86. The van der Waals surface area contributed by atoms with Crippen molar-refractivity contribution in [3.05, 3.63) is 59.2 Å². The lowest BCUT2D eigenvalue weighted by molar-refractivity contribution is 0.102. The van der Waals surface area contributed by atoms with E-state index in [0.29, 0.717) is 0 Å². The number of rotatable bonds is 5. The molecule has 0 spiro atoms. The van der Waals surface area contributed by atoms with Crippen LogP contribution in [0.5, 0.6) is 5.75 Å². The van der Waals surface area contributed by atoms with Crippen molar-refractivity contribution in [3.8, 4) is 5.75 Å². The van der Waals surface area contributed by atoms with Crippen molar-refractivity contribution < 1.29 is 9.90 Å². The monoisotopic (exact) mass is 347 g/mol. The first-order chi connectivity index (χ1) is 10.1. The smallest absolute Gasteiger partial charge is 0.259 e. The molecule has 2 aromatic rings. The molecule has 0 aromatic heterocycles. The molecule has 0 atom stereocenters. The highest BCUT2D eigenvalue weighted by molar-refractivity contribution is 9.09. The van der Waals surface area contributed by atoms with E-state index in [4.69, 9.17) is 0 Å². The van der Waals surface area contributed by atoms with Crippen LogP contribution in [0.25, 0.3) is 0 Å². The first-order valence-corrected chi connectivity index (χ1v) is 7.98. The van der Waals surface area contributed by atoms with Gasteiger partial charge in [0, 0.05) is 11.0 Å². The summed E-state index contributed by atoms with van der Waals surface area (Å²) in [4.78, 5) is 12.2. The molecule has 0 aliphatic heterocycles. The van der Waals surface area contributed by atoms with Crippen LogP contribution >= 0.6 is 15.9 Å². The number of hydrogen-bond acceptors (Lipinski definition) is 2. The van der Waals surface area contributed by atoms with Crippen LogP contribution < -0.4 is 5.32 Å². The maximum absolute atomic E-state index is 12.2. The summed E-state index contributed by atoms with van der Waals surface area (Å²) in [6, 6.07) is 12.8. The molecule has 3 nitrogen and oxygen atoms in total. The molecule has 0 fully saturated rings. The number of carbonyl (C=O) groups is 1. The van der Waals surface area contributed by atoms with Crippen molar-refractivity contribution in [1.29, 1.82) is 0 Å². The second kappa shape index (κ2) is 7.27. The molecule has 2 aromatic carbocycles. The predicted octanol–water partition coefficient (Wildman–Crippen LogP) is 4.28. The maximum Gasteiger partial charge on any atom is 0.259 e. The number of halogens is 1. The quantitative estimate of drug-likeness (QED) is 0.793. The van der Waals surface area contributed by atoms with Crippen molar-refractivity contribution in [3.63, 3.8) is 0 Å². The van der Waals surface area contributed by atoms with E-state index < -0.39 is 0 Å². The Labute approximate surface area is 133 Å². The minimum atomic E-state index is -0.301. The van der Waals surface area contributed by atoms with Gasteiger partial charge < -0.3 is 10.4 Å². The van der Waals surface area contributed by atoms with Gasteiger partial charge in [0.25, 0.3) is 5.91 Å². The molecule has 1 amide bonds. The van der Waals surface area contributed by atoms with E-state index in [1.807, 2.05) is 31.2 Å². The number of alkyl halides is 1. The highest BCUT2D eigenvalue weighted by Gasteiger charge is 2.11. The number of hydrogen-bond donors (Lipinski definition) is 2. The van der Waals surface area contributed by atoms with E-state index in [-0.39, 0.29) is 17.2 Å². The van der Waals surface area contributed by atoms with Gasteiger partial charge in [0.1, 0.15) is 5.75 Å². The minimum absolute atomic E-state index is 0.00273. The van der Waals surface area contributed by atoms with Gasteiger partial charge in [-0.3, -0.25) is 4.79 Å². The number of carbonyl (C=O) groups excluding carboxylic acids is 1. The number of phenolic OH excluding ortho intramolecular Hbond substituents is 1. The zero-order valence-corrected chi connectivity index (χ0v) is 13.5. The van der Waals surface area contributed by atoms with Crippen molar-refractivity contribution in [2.75, 3.05) is 10.6 Å². The van der Waals surface area contributed by atoms with E-state index in [2.05, 4.69) is 21.2 Å². The van der Waals surface area contributed by atoms with Crippen molar-refractivity contribution in [2.45, 2.75) is 19.8 Å². The number of aromatic hydroxyl groups is 1. The Morgan fingerprint density at radius 1 is 1.24 bits per heavy atom. The topological polar surface area (TPSA) is 49.3 Å². The number of aryl methyl sites for hydroxylation is 2. The number of amides is 1. The Bertz CT molecular complexity index is 640. The van der Waals surface area contributed by atoms with Gasteiger partial charge in [-0.25, -0.2) is 0 Å². The summed E-state index contributed by atoms with van der Waals surface area (Å²) in [5, 5.41) is 13.6. The van der Waals surface area contributed by atoms with Crippen LogP contribution in [-0.4, -0.2) is 16.3 Å². The van der Waals surface area contributed by atoms with Crippen LogP contribution in [0, 0.1) is 6.92 Å². The second-order valence-electron chi connectivity index (χ2n) is 4.97. The van der Waals surface area contributed by atoms with Gasteiger partial charge in [0.05, 0.1) is 5.56 Å². The van der Waals surface area contributed by atoms with Crippen molar-refractivity contribution >= 4 is 27.5 Å². The molecule has 0 aliphatic rings. The standard InChI is InChI=1S/C17H18BrNO2/c1-12-7-8-15(16(20)10-12)17(21)19-14-6-2-4-13(11-14)5-3-9-18/h2,4,6-8,10-11,20H,3,5,9H2,1H3,(H,19,21). The third-order valence-corrected chi connectivity index (χ3v) is 3.74. The average molecular weight is 348 g/mol. The Morgan fingerprint density at radius 3 is 2.76 bits per heavy atom. The summed E-state index contributed by atoms with van der Waals surface area (Å²) in [6.07, 6.45) is 2.01. The molecule has 0 heterocycles. The summed E-state index contributed by atoms with van der Waals surface area (Å²) in [5.74, 6) is -0.298. The van der Waals surface area contributed by atoms with E-state index in [1.54, 1.807) is 18.2 Å². The number of benzene rings is 2. The predicted molar refractivity (Wildman–Crippen MR) is 89.4 cm³/mol. The molecule has 0 radical (unpaired) electrons. The fraction of sp³-hybridized carbons (Fsp3) is 0.235.